The molecule has 0 spiro atoms. The number of fused-ring (bicyclic) bond motifs is 1. The Kier molecular flexibility index (Phi) is 5.99. The molecule has 0 radical (unpaired) electrons. The van der Waals surface area contributed by atoms with Crippen molar-refractivity contribution in [2.24, 2.45) is 5.73 Å². The highest BCUT2D eigenvalue weighted by Gasteiger charge is 2.15. The Morgan fingerprint density at radius 1 is 1.16 bits per heavy atom. The van der Waals surface area contributed by atoms with Crippen molar-refractivity contribution >= 4 is 34.7 Å². The topological polar surface area (TPSA) is 155 Å². The molecule has 3 heterocycles. The van der Waals surface area contributed by atoms with Crippen LogP contribution in [-0.2, 0) is 31.0 Å². The number of carbonyl (C=O) groups excluding carboxylic acids is 1. The number of nitrogens with zero attached hydrogens (tertiary/aromatic N) is 6. The average Bonchev–Trinajstić information content (AvgIpc) is 3.34. The molecule has 0 saturated carbocycles. The second-order valence-corrected chi connectivity index (χ2v) is 7.38. The zero-order chi connectivity index (χ0) is 22.7. The Hall–Kier alpha value is -3.99. The lowest BCUT2D eigenvalue weighted by molar-refractivity contribution is -0.116. The number of hydrogen-bond acceptors (Lipinski definition) is 8. The second-order valence-electron chi connectivity index (χ2n) is 7.38. The van der Waals surface area contributed by atoms with E-state index < -0.39 is 0 Å². The third kappa shape index (κ3) is 4.52. The lowest BCUT2D eigenvalue weighted by atomic mass is 10.1. The van der Waals surface area contributed by atoms with Gasteiger partial charge in [0, 0.05) is 25.7 Å². The summed E-state index contributed by atoms with van der Waals surface area (Å²) in [7, 11) is 0. The van der Waals surface area contributed by atoms with Crippen molar-refractivity contribution < 1.29 is 4.79 Å². The summed E-state index contributed by atoms with van der Waals surface area (Å²) >= 11 is 0. The second kappa shape index (κ2) is 9.02. The first kappa shape index (κ1) is 21.2. The third-order valence-corrected chi connectivity index (χ3v) is 4.98. The highest BCUT2D eigenvalue weighted by Crippen LogP contribution is 2.21. The number of imidazole rings is 1. The van der Waals surface area contributed by atoms with Crippen LogP contribution in [-0.4, -0.2) is 35.2 Å². The molecule has 1 aromatic carbocycles. The normalized spacial score (nSPS) is 11.1. The zero-order valence-corrected chi connectivity index (χ0v) is 18.0. The molecule has 0 aliphatic carbocycles. The molecular weight excluding hydrogens is 408 g/mol. The molecule has 11 heteroatoms. The number of amides is 1. The number of rotatable bonds is 8. The summed E-state index contributed by atoms with van der Waals surface area (Å²) in [5.41, 5.74) is 15.6. The van der Waals surface area contributed by atoms with Gasteiger partial charge in [0.2, 0.25) is 11.9 Å². The SMILES string of the molecule is CCn1nc(C)cc1NC(=O)Cn1cnc2c(NCc3ccc(CN)cc3)nc(N)nc21. The molecule has 4 rings (SSSR count). The Balaban J connectivity index is 1.51. The number of benzene rings is 1. The summed E-state index contributed by atoms with van der Waals surface area (Å²) in [4.78, 5) is 25.6. The molecule has 3 aromatic heterocycles. The van der Waals surface area contributed by atoms with Gasteiger partial charge in [0.1, 0.15) is 12.4 Å². The molecule has 4 aromatic rings. The monoisotopic (exact) mass is 434 g/mol. The molecule has 0 saturated heterocycles. The number of carbonyl (C=O) groups is 1. The van der Waals surface area contributed by atoms with E-state index in [-0.39, 0.29) is 18.4 Å². The van der Waals surface area contributed by atoms with Gasteiger partial charge in [-0.3, -0.25) is 4.79 Å². The van der Waals surface area contributed by atoms with Gasteiger partial charge < -0.3 is 26.7 Å². The Labute approximate surface area is 184 Å². The van der Waals surface area contributed by atoms with Crippen LogP contribution in [0, 0.1) is 6.92 Å². The van der Waals surface area contributed by atoms with Crippen LogP contribution >= 0.6 is 0 Å². The lowest BCUT2D eigenvalue weighted by Gasteiger charge is -2.09. The summed E-state index contributed by atoms with van der Waals surface area (Å²) in [5.74, 6) is 1.04. The predicted molar refractivity (Wildman–Crippen MR) is 123 cm³/mol. The highest BCUT2D eigenvalue weighted by atomic mass is 16.2. The maximum atomic E-state index is 12.6. The first-order chi connectivity index (χ1) is 15.5. The van der Waals surface area contributed by atoms with E-state index in [0.29, 0.717) is 42.4 Å². The number of aromatic nitrogens is 6. The van der Waals surface area contributed by atoms with Crippen LogP contribution in [0.4, 0.5) is 17.6 Å². The Morgan fingerprint density at radius 2 is 1.91 bits per heavy atom. The van der Waals surface area contributed by atoms with E-state index in [2.05, 4.69) is 30.7 Å². The zero-order valence-electron chi connectivity index (χ0n) is 18.0. The van der Waals surface area contributed by atoms with Crippen LogP contribution in [0.25, 0.3) is 11.2 Å². The molecule has 32 heavy (non-hydrogen) atoms. The summed E-state index contributed by atoms with van der Waals surface area (Å²) in [6.07, 6.45) is 1.56. The van der Waals surface area contributed by atoms with Crippen LogP contribution in [0.2, 0.25) is 0 Å². The Morgan fingerprint density at radius 3 is 2.62 bits per heavy atom. The van der Waals surface area contributed by atoms with Gasteiger partial charge in [-0.25, -0.2) is 9.67 Å². The fraction of sp³-hybridized carbons (Fsp3) is 0.286. The molecule has 0 aliphatic heterocycles. The predicted octanol–water partition coefficient (Wildman–Crippen LogP) is 1.64. The first-order valence-electron chi connectivity index (χ1n) is 10.3. The van der Waals surface area contributed by atoms with E-state index in [4.69, 9.17) is 11.5 Å². The Bertz CT molecular complexity index is 1240. The van der Waals surface area contributed by atoms with E-state index in [1.807, 2.05) is 44.2 Å². The fourth-order valence-corrected chi connectivity index (χ4v) is 3.40. The minimum atomic E-state index is -0.217. The quantitative estimate of drug-likeness (QED) is 0.326. The van der Waals surface area contributed by atoms with E-state index in [0.717, 1.165) is 16.8 Å². The molecule has 0 bridgehead atoms. The third-order valence-electron chi connectivity index (χ3n) is 4.98. The van der Waals surface area contributed by atoms with Crippen molar-refractivity contribution in [3.63, 3.8) is 0 Å². The van der Waals surface area contributed by atoms with Crippen molar-refractivity contribution in [3.8, 4) is 0 Å². The van der Waals surface area contributed by atoms with E-state index in [1.54, 1.807) is 15.6 Å². The summed E-state index contributed by atoms with van der Waals surface area (Å²) < 4.78 is 3.38. The molecule has 0 fully saturated rings. The van der Waals surface area contributed by atoms with Crippen LogP contribution in [0.1, 0.15) is 23.7 Å². The van der Waals surface area contributed by atoms with Crippen molar-refractivity contribution in [3.05, 3.63) is 53.5 Å². The number of anilines is 3. The van der Waals surface area contributed by atoms with Crippen LogP contribution in [0.15, 0.2) is 36.7 Å². The summed E-state index contributed by atoms with van der Waals surface area (Å²) in [6.45, 7) is 5.57. The maximum Gasteiger partial charge on any atom is 0.245 e. The lowest BCUT2D eigenvalue weighted by Crippen LogP contribution is -2.20. The van der Waals surface area contributed by atoms with Gasteiger partial charge in [0.05, 0.1) is 12.0 Å². The van der Waals surface area contributed by atoms with Gasteiger partial charge in [-0.05, 0) is 25.0 Å². The first-order valence-corrected chi connectivity index (χ1v) is 10.3. The van der Waals surface area contributed by atoms with E-state index >= 15 is 0 Å². The van der Waals surface area contributed by atoms with Crippen LogP contribution in [0.3, 0.4) is 0 Å². The summed E-state index contributed by atoms with van der Waals surface area (Å²) in [6, 6.07) is 9.81. The van der Waals surface area contributed by atoms with Gasteiger partial charge in [-0.2, -0.15) is 15.1 Å². The van der Waals surface area contributed by atoms with Gasteiger partial charge in [-0.15, -0.1) is 0 Å². The van der Waals surface area contributed by atoms with E-state index in [1.165, 1.54) is 0 Å². The maximum absolute atomic E-state index is 12.6. The van der Waals surface area contributed by atoms with Crippen LogP contribution in [0.5, 0.6) is 0 Å². The smallest absolute Gasteiger partial charge is 0.245 e. The van der Waals surface area contributed by atoms with Gasteiger partial charge in [0.25, 0.3) is 0 Å². The number of nitrogens with one attached hydrogen (secondary N) is 2. The van der Waals surface area contributed by atoms with Gasteiger partial charge in [0.15, 0.2) is 17.0 Å². The average molecular weight is 435 g/mol. The van der Waals surface area contributed by atoms with Gasteiger partial charge >= 0.3 is 0 Å². The number of nitrogens with two attached hydrogens (primary N) is 2. The molecule has 0 atom stereocenters. The molecule has 11 nitrogen and oxygen atoms in total. The molecule has 6 N–H and O–H groups in total. The van der Waals surface area contributed by atoms with Crippen LogP contribution < -0.4 is 22.1 Å². The van der Waals surface area contributed by atoms with Crippen molar-refractivity contribution in [1.82, 2.24) is 29.3 Å². The summed E-state index contributed by atoms with van der Waals surface area (Å²) in [5, 5.41) is 10.5. The fourth-order valence-electron chi connectivity index (χ4n) is 3.40. The highest BCUT2D eigenvalue weighted by molar-refractivity contribution is 5.91. The minimum absolute atomic E-state index is 0.0287. The van der Waals surface area contributed by atoms with Crippen molar-refractivity contribution in [2.75, 3.05) is 16.4 Å². The molecule has 0 aliphatic rings. The van der Waals surface area contributed by atoms with Crippen molar-refractivity contribution in [2.45, 2.75) is 40.0 Å². The molecule has 1 amide bonds. The molecular formula is C21H26N10O. The van der Waals surface area contributed by atoms with Crippen molar-refractivity contribution in [1.29, 1.82) is 0 Å². The van der Waals surface area contributed by atoms with E-state index in [9.17, 15) is 4.79 Å². The minimum Gasteiger partial charge on any atom is -0.368 e. The number of hydrogen-bond donors (Lipinski definition) is 4. The largest absolute Gasteiger partial charge is 0.368 e. The molecule has 166 valence electrons. The standard InChI is InChI=1S/C21H26N10O/c1-3-31-16(8-13(2)29-31)26-17(32)11-30-12-25-18-19(27-21(23)28-20(18)30)24-10-15-6-4-14(9-22)5-7-15/h4-8,12H,3,9-11,22H2,1-2H3,(H,26,32)(H3,23,24,27,28). The number of aryl methyl sites for hydroxylation is 2. The number of nitrogen functional groups attached to an aromatic ring is 1. The van der Waals surface area contributed by atoms with Gasteiger partial charge in [-0.1, -0.05) is 24.3 Å². The molecule has 0 unspecified atom stereocenters.